The quantitative estimate of drug-likeness (QED) is 0.0637. The van der Waals surface area contributed by atoms with Crippen LogP contribution in [0.15, 0.2) is 83.4 Å². The number of benzene rings is 3. The van der Waals surface area contributed by atoms with Crippen LogP contribution in [-0.4, -0.2) is 47.8 Å². The summed E-state index contributed by atoms with van der Waals surface area (Å²) in [6.45, 7) is 3.93. The number of fused-ring (bicyclic) bond motifs is 1. The van der Waals surface area contributed by atoms with Crippen LogP contribution in [-0.2, 0) is 27.2 Å². The lowest BCUT2D eigenvalue weighted by molar-refractivity contribution is -0.116. The molecule has 1 aliphatic carbocycles. The Bertz CT molecular complexity index is 1910. The van der Waals surface area contributed by atoms with Gasteiger partial charge in [-0.15, -0.1) is 23.1 Å². The molecule has 0 saturated carbocycles. The predicted octanol–water partition coefficient (Wildman–Crippen LogP) is 7.44. The summed E-state index contributed by atoms with van der Waals surface area (Å²) in [5.41, 5.74) is 2.67. The molecule has 4 N–H and O–H groups in total. The number of methoxy groups -OCH3 is 1. The summed E-state index contributed by atoms with van der Waals surface area (Å²) in [4.78, 5) is 55.1. The second-order valence-corrected chi connectivity index (χ2v) is 13.8. The molecule has 4 aromatic rings. The molecule has 10 nitrogen and oxygen atoms in total. The molecule has 0 saturated heterocycles. The molecule has 0 spiro atoms. The molecule has 3 amide bonds. The molecule has 50 heavy (non-hydrogen) atoms. The lowest BCUT2D eigenvalue weighted by Crippen LogP contribution is -2.30. The molecule has 12 heteroatoms. The van der Waals surface area contributed by atoms with Crippen molar-refractivity contribution in [2.75, 3.05) is 24.4 Å². The van der Waals surface area contributed by atoms with Crippen molar-refractivity contribution in [2.45, 2.75) is 56.1 Å². The van der Waals surface area contributed by atoms with E-state index in [4.69, 9.17) is 9.47 Å². The number of carbonyl (C=O) groups is 4. The first-order valence-corrected chi connectivity index (χ1v) is 18.1. The molecule has 0 bridgehead atoms. The van der Waals surface area contributed by atoms with Crippen LogP contribution in [0.3, 0.4) is 0 Å². The number of phenols is 1. The van der Waals surface area contributed by atoms with Gasteiger partial charge < -0.3 is 30.5 Å². The third-order valence-corrected chi connectivity index (χ3v) is 10.5. The minimum absolute atomic E-state index is 0.0133. The molecule has 1 aliphatic rings. The summed E-state index contributed by atoms with van der Waals surface area (Å²) in [5.74, 6) is -1.42. The Morgan fingerprint density at radius 3 is 2.48 bits per heavy atom. The summed E-state index contributed by atoms with van der Waals surface area (Å²) in [6.07, 6.45) is 5.69. The van der Waals surface area contributed by atoms with Crippen LogP contribution in [0.5, 0.6) is 11.5 Å². The lowest BCUT2D eigenvalue weighted by Gasteiger charge is -2.16. The molecule has 0 fully saturated rings. The Balaban J connectivity index is 1.34. The van der Waals surface area contributed by atoms with E-state index in [0.717, 1.165) is 41.0 Å². The number of carbonyl (C=O) groups excluding carboxylic acids is 4. The molecule has 0 aliphatic heterocycles. The van der Waals surface area contributed by atoms with Gasteiger partial charge in [-0.05, 0) is 93.1 Å². The largest absolute Gasteiger partial charge is 0.508 e. The van der Waals surface area contributed by atoms with Crippen molar-refractivity contribution in [1.29, 1.82) is 0 Å². The molecule has 1 aromatic heterocycles. The van der Waals surface area contributed by atoms with Crippen molar-refractivity contribution in [3.05, 3.63) is 106 Å². The number of hydrogen-bond donors (Lipinski definition) is 4. The van der Waals surface area contributed by atoms with Gasteiger partial charge in [0.25, 0.3) is 11.8 Å². The van der Waals surface area contributed by atoms with Crippen LogP contribution in [0.2, 0.25) is 0 Å². The fraction of sp³-hybridized carbons (Fsp3) is 0.263. The van der Waals surface area contributed by atoms with E-state index in [9.17, 15) is 24.3 Å². The normalized spacial score (nSPS) is 13.1. The molecule has 1 heterocycles. The fourth-order valence-corrected chi connectivity index (χ4v) is 7.81. The number of hydrogen-bond acceptors (Lipinski definition) is 9. The van der Waals surface area contributed by atoms with Crippen molar-refractivity contribution < 1.29 is 33.8 Å². The number of ether oxygens (including phenoxy) is 2. The van der Waals surface area contributed by atoms with Gasteiger partial charge in [0.05, 0.1) is 24.5 Å². The van der Waals surface area contributed by atoms with Crippen molar-refractivity contribution in [1.82, 2.24) is 5.32 Å². The number of phenolic OH excluding ortho intramolecular Hbond substituents is 1. The number of thioether (sulfide) groups is 1. The second kappa shape index (κ2) is 17.0. The van der Waals surface area contributed by atoms with E-state index in [-0.39, 0.29) is 24.0 Å². The number of rotatable bonds is 13. The summed E-state index contributed by atoms with van der Waals surface area (Å²) < 4.78 is 10.7. The van der Waals surface area contributed by atoms with E-state index in [0.29, 0.717) is 39.5 Å². The monoisotopic (exact) mass is 713 g/mol. The van der Waals surface area contributed by atoms with E-state index in [1.54, 1.807) is 61.5 Å². The van der Waals surface area contributed by atoms with Gasteiger partial charge in [-0.1, -0.05) is 31.2 Å². The predicted molar refractivity (Wildman–Crippen MR) is 197 cm³/mol. The van der Waals surface area contributed by atoms with Gasteiger partial charge in [0.1, 0.15) is 22.2 Å². The molecule has 3 aromatic carbocycles. The summed E-state index contributed by atoms with van der Waals surface area (Å²) in [5, 5.41) is 18.5. The molecule has 1 unspecified atom stereocenters. The third kappa shape index (κ3) is 8.93. The van der Waals surface area contributed by atoms with Crippen LogP contribution in [0, 0.1) is 0 Å². The van der Waals surface area contributed by atoms with Crippen LogP contribution in [0.4, 0.5) is 10.7 Å². The van der Waals surface area contributed by atoms with E-state index < -0.39 is 23.0 Å². The number of thiophene rings is 1. The number of nitrogens with one attached hydrogen (secondary N) is 3. The minimum atomic E-state index is -0.593. The highest BCUT2D eigenvalue weighted by Gasteiger charge is 2.29. The Morgan fingerprint density at radius 1 is 0.960 bits per heavy atom. The van der Waals surface area contributed by atoms with Crippen LogP contribution < -0.4 is 20.7 Å². The molecule has 5 rings (SSSR count). The zero-order chi connectivity index (χ0) is 35.6. The fourth-order valence-electron chi connectivity index (χ4n) is 5.51. The number of aryl methyl sites for hydroxylation is 1. The molecule has 0 radical (unpaired) electrons. The van der Waals surface area contributed by atoms with Gasteiger partial charge in [-0.2, -0.15) is 0 Å². The first-order valence-electron chi connectivity index (χ1n) is 16.4. The van der Waals surface area contributed by atoms with Crippen molar-refractivity contribution in [3.63, 3.8) is 0 Å². The van der Waals surface area contributed by atoms with Gasteiger partial charge in [0.2, 0.25) is 5.91 Å². The number of esters is 1. The van der Waals surface area contributed by atoms with Crippen LogP contribution >= 0.6 is 23.1 Å². The Labute approximate surface area is 299 Å². The lowest BCUT2D eigenvalue weighted by atomic mass is 9.95. The molecular formula is C38H39N3O7S2. The van der Waals surface area contributed by atoms with Gasteiger partial charge in [-0.3, -0.25) is 14.4 Å². The van der Waals surface area contributed by atoms with E-state index in [1.165, 1.54) is 48.4 Å². The number of amides is 3. The maximum Gasteiger partial charge on any atom is 0.341 e. The van der Waals surface area contributed by atoms with Gasteiger partial charge in [0, 0.05) is 32.7 Å². The highest BCUT2D eigenvalue weighted by atomic mass is 32.2. The van der Waals surface area contributed by atoms with Crippen LogP contribution in [0.1, 0.15) is 69.8 Å². The Morgan fingerprint density at radius 2 is 1.74 bits per heavy atom. The average Bonchev–Trinajstić information content (AvgIpc) is 3.49. The SMILES string of the molecule is CCOC(=O)c1c(NC(=O)C(CC)Sc2cccc(NC(=O)/C(=C\c3ccc(O)cc3OC)NC(=O)c3ccccc3)c2)sc2c1CCCC2. The van der Waals surface area contributed by atoms with Gasteiger partial charge >= 0.3 is 5.97 Å². The topological polar surface area (TPSA) is 143 Å². The summed E-state index contributed by atoms with van der Waals surface area (Å²) in [6, 6.07) is 20.0. The van der Waals surface area contributed by atoms with Crippen LogP contribution in [0.25, 0.3) is 6.08 Å². The van der Waals surface area contributed by atoms with E-state index in [2.05, 4.69) is 16.0 Å². The second-order valence-electron chi connectivity index (χ2n) is 11.4. The van der Waals surface area contributed by atoms with E-state index >= 15 is 0 Å². The molecule has 260 valence electrons. The van der Waals surface area contributed by atoms with Crippen molar-refractivity contribution in [2.24, 2.45) is 0 Å². The van der Waals surface area contributed by atoms with Crippen molar-refractivity contribution in [3.8, 4) is 11.5 Å². The van der Waals surface area contributed by atoms with Gasteiger partial charge in [0.15, 0.2) is 0 Å². The number of aromatic hydroxyl groups is 1. The van der Waals surface area contributed by atoms with Crippen molar-refractivity contribution >= 4 is 63.6 Å². The average molecular weight is 714 g/mol. The highest BCUT2D eigenvalue weighted by molar-refractivity contribution is 8.00. The Hall–Kier alpha value is -5.07. The summed E-state index contributed by atoms with van der Waals surface area (Å²) >= 11 is 2.79. The zero-order valence-corrected chi connectivity index (χ0v) is 29.7. The minimum Gasteiger partial charge on any atom is -0.508 e. The maximum absolute atomic E-state index is 13.7. The maximum atomic E-state index is 13.7. The molecule has 1 atom stereocenters. The molecular weight excluding hydrogens is 675 g/mol. The first-order chi connectivity index (χ1) is 24.2. The summed E-state index contributed by atoms with van der Waals surface area (Å²) in [7, 11) is 1.44. The number of anilines is 2. The van der Waals surface area contributed by atoms with Gasteiger partial charge in [-0.25, -0.2) is 4.79 Å². The smallest absolute Gasteiger partial charge is 0.341 e. The third-order valence-electron chi connectivity index (χ3n) is 7.97. The highest BCUT2D eigenvalue weighted by Crippen LogP contribution is 2.39. The zero-order valence-electron chi connectivity index (χ0n) is 28.0. The standard InChI is InChI=1S/C38H39N3O7S2/c1-4-31(36(45)41-37-33(38(46)48-5-2)28-16-9-10-17-32(28)50-37)49-27-15-11-14-25(21-27)39-35(44)29(40-34(43)23-12-7-6-8-13-23)20-24-18-19-26(42)22-30(24)47-3/h6-8,11-15,18-22,31,42H,4-5,9-10,16-17H2,1-3H3,(H,39,44)(H,40,43)(H,41,45)/b29-20+. The Kier molecular flexibility index (Phi) is 12.3. The first kappa shape index (κ1) is 36.2. The van der Waals surface area contributed by atoms with E-state index in [1.807, 2.05) is 13.0 Å².